The lowest BCUT2D eigenvalue weighted by Crippen LogP contribution is -1.99. The molecule has 2 aromatic carbocycles. The Morgan fingerprint density at radius 1 is 1.12 bits per heavy atom. The second kappa shape index (κ2) is 6.31. The van der Waals surface area contributed by atoms with E-state index in [2.05, 4.69) is 10.2 Å². The van der Waals surface area contributed by atoms with Gasteiger partial charge in [0.2, 0.25) is 5.89 Å². The van der Waals surface area contributed by atoms with Gasteiger partial charge in [0.15, 0.2) is 0 Å². The summed E-state index contributed by atoms with van der Waals surface area (Å²) < 4.78 is 11.6. The van der Waals surface area contributed by atoms with Crippen LogP contribution in [0, 0.1) is 0 Å². The van der Waals surface area contributed by atoms with Gasteiger partial charge in [-0.1, -0.05) is 29.8 Å². The minimum atomic E-state index is -0.376. The zero-order chi connectivity index (χ0) is 17.4. The normalized spacial score (nSPS) is 11.0. The zero-order valence-electron chi connectivity index (χ0n) is 13.0. The number of ether oxygens (including phenoxy) is 1. The average Bonchev–Trinajstić information content (AvgIpc) is 3.27. The first-order valence-corrected chi connectivity index (χ1v) is 8.56. The molecule has 7 heteroatoms. The Hall–Kier alpha value is -2.70. The highest BCUT2D eigenvalue weighted by molar-refractivity contribution is 7.21. The van der Waals surface area contributed by atoms with Gasteiger partial charge in [-0.15, -0.1) is 21.5 Å². The van der Waals surface area contributed by atoms with Crippen molar-refractivity contribution in [1.29, 1.82) is 0 Å². The summed E-state index contributed by atoms with van der Waals surface area (Å²) in [7, 11) is 1.59. The molecule has 0 saturated heterocycles. The maximum absolute atomic E-state index is 12.7. The van der Waals surface area contributed by atoms with Gasteiger partial charge in [-0.3, -0.25) is 4.79 Å². The smallest absolute Gasteiger partial charge is 0.290 e. The Morgan fingerprint density at radius 3 is 2.60 bits per heavy atom. The summed E-state index contributed by atoms with van der Waals surface area (Å²) >= 11 is 7.66. The number of fused-ring (bicyclic) bond motifs is 1. The number of nitrogens with zero attached hydrogens (tertiary/aromatic N) is 2. The summed E-state index contributed by atoms with van der Waals surface area (Å²) in [4.78, 5) is 13.1. The number of ketones is 1. The summed E-state index contributed by atoms with van der Waals surface area (Å²) in [6.45, 7) is 0. The van der Waals surface area contributed by atoms with E-state index in [-0.39, 0.29) is 17.6 Å². The molecule has 124 valence electrons. The number of thiophene rings is 1. The van der Waals surface area contributed by atoms with E-state index in [0.29, 0.717) is 15.5 Å². The van der Waals surface area contributed by atoms with Crippen molar-refractivity contribution < 1.29 is 13.9 Å². The number of benzene rings is 2. The van der Waals surface area contributed by atoms with Crippen LogP contribution in [0.15, 0.2) is 52.9 Å². The molecule has 5 nitrogen and oxygen atoms in total. The molecule has 0 amide bonds. The predicted octanol–water partition coefficient (Wildman–Crippen LogP) is 4.84. The number of rotatable bonds is 4. The van der Waals surface area contributed by atoms with E-state index in [4.69, 9.17) is 20.8 Å². The third-order valence-corrected chi connectivity index (χ3v) is 5.37. The van der Waals surface area contributed by atoms with Gasteiger partial charge >= 0.3 is 0 Å². The fraction of sp³-hybridized carbons (Fsp3) is 0.0556. The van der Waals surface area contributed by atoms with Crippen LogP contribution in [-0.4, -0.2) is 23.1 Å². The summed E-state index contributed by atoms with van der Waals surface area (Å²) in [6.07, 6.45) is 0. The predicted molar refractivity (Wildman–Crippen MR) is 96.6 cm³/mol. The van der Waals surface area contributed by atoms with Gasteiger partial charge in [0.1, 0.15) is 10.6 Å². The van der Waals surface area contributed by atoms with Gasteiger partial charge in [-0.05, 0) is 30.3 Å². The number of aromatic nitrogens is 2. The number of methoxy groups -OCH3 is 1. The minimum Gasteiger partial charge on any atom is -0.497 e. The average molecular weight is 371 g/mol. The number of halogens is 1. The number of hydrogen-bond acceptors (Lipinski definition) is 6. The highest BCUT2D eigenvalue weighted by Gasteiger charge is 2.23. The maximum Gasteiger partial charge on any atom is 0.290 e. The lowest BCUT2D eigenvalue weighted by Gasteiger charge is -1.99. The third-order valence-electron chi connectivity index (χ3n) is 3.70. The van der Waals surface area contributed by atoms with Crippen LogP contribution in [0.5, 0.6) is 5.75 Å². The summed E-state index contributed by atoms with van der Waals surface area (Å²) in [5.74, 6) is 0.526. The van der Waals surface area contributed by atoms with E-state index in [0.717, 1.165) is 15.8 Å². The molecule has 2 aromatic heterocycles. The molecule has 0 spiro atoms. The molecule has 0 aliphatic carbocycles. The molecule has 0 fully saturated rings. The Balaban J connectivity index is 1.68. The van der Waals surface area contributed by atoms with Crippen LogP contribution >= 0.6 is 22.9 Å². The van der Waals surface area contributed by atoms with Crippen molar-refractivity contribution in [3.05, 3.63) is 64.3 Å². The van der Waals surface area contributed by atoms with Crippen LogP contribution in [0.4, 0.5) is 0 Å². The summed E-state index contributed by atoms with van der Waals surface area (Å²) in [5, 5.41) is 9.08. The van der Waals surface area contributed by atoms with E-state index in [1.807, 2.05) is 24.3 Å². The number of carbonyl (C=O) groups is 1. The van der Waals surface area contributed by atoms with Crippen LogP contribution in [0.2, 0.25) is 5.02 Å². The van der Waals surface area contributed by atoms with Crippen LogP contribution in [0.3, 0.4) is 0 Å². The molecular formula is C18H11ClN2O3S. The molecular weight excluding hydrogens is 360 g/mol. The molecule has 0 aliphatic heterocycles. The van der Waals surface area contributed by atoms with Gasteiger partial charge in [-0.25, -0.2) is 0 Å². The molecule has 0 N–H and O–H groups in total. The fourth-order valence-corrected chi connectivity index (χ4v) is 3.87. The van der Waals surface area contributed by atoms with Crippen molar-refractivity contribution in [3.63, 3.8) is 0 Å². The second-order valence-electron chi connectivity index (χ2n) is 5.21. The summed E-state index contributed by atoms with van der Waals surface area (Å²) in [6, 6.07) is 14.7. The van der Waals surface area contributed by atoms with Crippen molar-refractivity contribution in [1.82, 2.24) is 10.2 Å². The maximum atomic E-state index is 12.7. The van der Waals surface area contributed by atoms with Crippen molar-refractivity contribution in [2.75, 3.05) is 7.11 Å². The number of carbonyl (C=O) groups excluding carboxylic acids is 1. The van der Waals surface area contributed by atoms with Crippen molar-refractivity contribution in [2.24, 2.45) is 0 Å². The quantitative estimate of drug-likeness (QED) is 0.481. The molecule has 4 rings (SSSR count). The first-order valence-electron chi connectivity index (χ1n) is 7.37. The highest BCUT2D eigenvalue weighted by atomic mass is 35.5. The minimum absolute atomic E-state index is 0.0840. The zero-order valence-corrected chi connectivity index (χ0v) is 14.6. The summed E-state index contributed by atoms with van der Waals surface area (Å²) in [5.41, 5.74) is 0.704. The van der Waals surface area contributed by atoms with Crippen LogP contribution in [0.1, 0.15) is 15.6 Å². The molecule has 0 atom stereocenters. The van der Waals surface area contributed by atoms with Crippen molar-refractivity contribution >= 4 is 38.8 Å². The third kappa shape index (κ3) is 2.79. The van der Waals surface area contributed by atoms with E-state index in [1.54, 1.807) is 31.4 Å². The molecule has 25 heavy (non-hydrogen) atoms. The lowest BCUT2D eigenvalue weighted by molar-refractivity contribution is 0.101. The Labute approximate surface area is 151 Å². The SMILES string of the molecule is COc1ccc(-c2nnc(C(=O)c3sc4ccccc4c3Cl)o2)cc1. The van der Waals surface area contributed by atoms with Gasteiger partial charge in [-0.2, -0.15) is 0 Å². The number of hydrogen-bond donors (Lipinski definition) is 0. The van der Waals surface area contributed by atoms with E-state index < -0.39 is 0 Å². The molecule has 0 saturated carbocycles. The topological polar surface area (TPSA) is 65.2 Å². The highest BCUT2D eigenvalue weighted by Crippen LogP contribution is 2.36. The van der Waals surface area contributed by atoms with E-state index in [9.17, 15) is 4.79 Å². The lowest BCUT2D eigenvalue weighted by atomic mass is 10.2. The van der Waals surface area contributed by atoms with Gasteiger partial charge in [0.25, 0.3) is 11.7 Å². The van der Waals surface area contributed by atoms with Crippen LogP contribution < -0.4 is 4.74 Å². The Morgan fingerprint density at radius 2 is 1.88 bits per heavy atom. The monoisotopic (exact) mass is 370 g/mol. The standard InChI is InChI=1S/C18H11ClN2O3S/c1-23-11-8-6-10(7-9-11)17-20-21-18(24-17)15(22)16-14(19)12-4-2-3-5-13(12)25-16/h2-9H,1H3. The second-order valence-corrected chi connectivity index (χ2v) is 6.64. The van der Waals surface area contributed by atoms with E-state index >= 15 is 0 Å². The van der Waals surface area contributed by atoms with Crippen molar-refractivity contribution in [3.8, 4) is 17.2 Å². The molecule has 0 unspecified atom stereocenters. The molecule has 0 bridgehead atoms. The van der Waals surface area contributed by atoms with Gasteiger partial charge in [0.05, 0.1) is 12.1 Å². The van der Waals surface area contributed by atoms with Crippen molar-refractivity contribution in [2.45, 2.75) is 0 Å². The first-order chi connectivity index (χ1) is 12.2. The Bertz CT molecular complexity index is 1070. The molecule has 2 heterocycles. The molecule has 0 radical (unpaired) electrons. The van der Waals surface area contributed by atoms with Crippen LogP contribution in [0.25, 0.3) is 21.5 Å². The molecule has 0 aliphatic rings. The Kier molecular flexibility index (Phi) is 3.99. The van der Waals surface area contributed by atoms with Crippen LogP contribution in [-0.2, 0) is 0 Å². The van der Waals surface area contributed by atoms with E-state index in [1.165, 1.54) is 11.3 Å². The van der Waals surface area contributed by atoms with Gasteiger partial charge in [0, 0.05) is 15.6 Å². The first kappa shape index (κ1) is 15.8. The largest absolute Gasteiger partial charge is 0.497 e. The molecule has 4 aromatic rings. The fourth-order valence-electron chi connectivity index (χ4n) is 2.42. The van der Waals surface area contributed by atoms with Gasteiger partial charge < -0.3 is 9.15 Å².